The number of hydrogen-bond donors (Lipinski definition) is 1. The van der Waals surface area contributed by atoms with Crippen molar-refractivity contribution in [3.05, 3.63) is 0 Å². The Balaban J connectivity index is 1.25. The van der Waals surface area contributed by atoms with Crippen LogP contribution in [0.1, 0.15) is 72.1 Å². The van der Waals surface area contributed by atoms with Crippen LogP contribution in [-0.2, 0) is 14.3 Å². The monoisotopic (exact) mass is 431 g/mol. The number of fused-ring (bicyclic) bond motifs is 2. The summed E-state index contributed by atoms with van der Waals surface area (Å²) < 4.78 is 5.41. The summed E-state index contributed by atoms with van der Waals surface area (Å²) in [5.74, 6) is 1.81. The molecule has 1 N–H and O–H groups in total. The Morgan fingerprint density at radius 2 is 1.55 bits per heavy atom. The van der Waals surface area contributed by atoms with E-state index in [1.54, 1.807) is 0 Å². The minimum Gasteiger partial charge on any atom is -0.444 e. The maximum Gasteiger partial charge on any atom is 0.407 e. The minimum atomic E-state index is -0.566. The molecule has 7 nitrogen and oxygen atoms in total. The minimum absolute atomic E-state index is 0.0706. The molecule has 7 atom stereocenters. The van der Waals surface area contributed by atoms with Gasteiger partial charge in [0.05, 0.1) is 5.92 Å². The summed E-state index contributed by atoms with van der Waals surface area (Å²) >= 11 is 0. The predicted octanol–water partition coefficient (Wildman–Crippen LogP) is 2.93. The molecular weight excluding hydrogens is 394 g/mol. The van der Waals surface area contributed by atoms with E-state index in [1.165, 1.54) is 19.3 Å². The van der Waals surface area contributed by atoms with Gasteiger partial charge in [-0.2, -0.15) is 0 Å². The summed E-state index contributed by atoms with van der Waals surface area (Å²) in [6.45, 7) is 7.27. The zero-order chi connectivity index (χ0) is 21.9. The van der Waals surface area contributed by atoms with Crippen LogP contribution in [0.5, 0.6) is 0 Å². The van der Waals surface area contributed by atoms with Crippen molar-refractivity contribution in [1.82, 2.24) is 15.1 Å². The van der Waals surface area contributed by atoms with E-state index in [2.05, 4.69) is 10.2 Å². The third kappa shape index (κ3) is 4.05. The molecule has 0 spiro atoms. The Bertz CT molecular complexity index is 750. The summed E-state index contributed by atoms with van der Waals surface area (Å²) in [6.07, 6.45) is 7.62. The number of carbonyl (C=O) groups is 3. The molecule has 3 amide bonds. The lowest BCUT2D eigenvalue weighted by Gasteiger charge is -2.33. The van der Waals surface area contributed by atoms with Crippen molar-refractivity contribution >= 4 is 17.9 Å². The molecule has 0 aromatic heterocycles. The van der Waals surface area contributed by atoms with Crippen LogP contribution in [0.15, 0.2) is 0 Å². The molecule has 5 aliphatic rings. The van der Waals surface area contributed by atoms with Gasteiger partial charge >= 0.3 is 6.09 Å². The summed E-state index contributed by atoms with van der Waals surface area (Å²) in [5.41, 5.74) is -0.566. The second-order valence-electron chi connectivity index (χ2n) is 11.5. The molecule has 2 aliphatic heterocycles. The normalized spacial score (nSPS) is 38.7. The number of nitrogens with one attached hydrogen (secondary N) is 1. The molecule has 0 aromatic rings. The summed E-state index contributed by atoms with van der Waals surface area (Å²) in [7, 11) is 0. The molecule has 0 aromatic carbocycles. The van der Waals surface area contributed by atoms with E-state index in [0.717, 1.165) is 45.2 Å². The topological polar surface area (TPSA) is 79.0 Å². The molecule has 2 unspecified atom stereocenters. The second kappa shape index (κ2) is 7.66. The highest BCUT2D eigenvalue weighted by atomic mass is 16.6. The van der Waals surface area contributed by atoms with E-state index in [4.69, 9.17) is 4.74 Å². The van der Waals surface area contributed by atoms with Crippen molar-refractivity contribution in [2.75, 3.05) is 13.1 Å². The number of likely N-dealkylation sites (tertiary alicyclic amines) is 2. The quantitative estimate of drug-likeness (QED) is 0.745. The van der Waals surface area contributed by atoms with Crippen LogP contribution in [0.3, 0.4) is 0 Å². The molecule has 0 bridgehead atoms. The van der Waals surface area contributed by atoms with Crippen molar-refractivity contribution in [3.63, 3.8) is 0 Å². The van der Waals surface area contributed by atoms with Crippen LogP contribution < -0.4 is 5.32 Å². The maximum absolute atomic E-state index is 13.7. The number of piperidine rings is 1. The fraction of sp³-hybridized carbons (Fsp3) is 0.875. The van der Waals surface area contributed by atoms with Crippen LogP contribution in [0.4, 0.5) is 4.79 Å². The van der Waals surface area contributed by atoms with E-state index in [9.17, 15) is 14.4 Å². The van der Waals surface area contributed by atoms with Gasteiger partial charge in [0.15, 0.2) is 0 Å². The highest BCUT2D eigenvalue weighted by Gasteiger charge is 2.58. The van der Waals surface area contributed by atoms with Crippen LogP contribution in [0, 0.1) is 23.7 Å². The summed E-state index contributed by atoms with van der Waals surface area (Å²) in [6, 6.07) is -0.272. The predicted molar refractivity (Wildman–Crippen MR) is 115 cm³/mol. The molecular formula is C24H37N3O4. The van der Waals surface area contributed by atoms with Gasteiger partial charge in [0.1, 0.15) is 11.6 Å². The summed E-state index contributed by atoms with van der Waals surface area (Å²) in [4.78, 5) is 43.4. The van der Waals surface area contributed by atoms with Gasteiger partial charge in [0.2, 0.25) is 11.8 Å². The molecule has 172 valence electrons. The van der Waals surface area contributed by atoms with Crippen LogP contribution in [-0.4, -0.2) is 64.5 Å². The van der Waals surface area contributed by atoms with Gasteiger partial charge in [0, 0.05) is 25.2 Å². The fourth-order valence-corrected chi connectivity index (χ4v) is 6.70. The third-order valence-electron chi connectivity index (χ3n) is 8.22. The Morgan fingerprint density at radius 3 is 2.23 bits per heavy atom. The summed E-state index contributed by atoms with van der Waals surface area (Å²) in [5, 5.41) is 2.94. The van der Waals surface area contributed by atoms with Gasteiger partial charge in [0.25, 0.3) is 0 Å². The van der Waals surface area contributed by atoms with E-state index in [0.29, 0.717) is 17.8 Å². The second-order valence-corrected chi connectivity index (χ2v) is 11.5. The molecule has 5 fully saturated rings. The zero-order valence-corrected chi connectivity index (χ0v) is 19.1. The highest BCUT2D eigenvalue weighted by Crippen LogP contribution is 2.50. The van der Waals surface area contributed by atoms with Gasteiger partial charge in [-0.25, -0.2) is 4.79 Å². The molecule has 7 heteroatoms. The van der Waals surface area contributed by atoms with E-state index in [-0.39, 0.29) is 35.9 Å². The first-order valence-electron chi connectivity index (χ1n) is 12.3. The van der Waals surface area contributed by atoms with E-state index >= 15 is 0 Å². The number of ether oxygens (including phenoxy) is 1. The SMILES string of the molecule is CC(C)(C)OC(=O)N[C@H]1CCC[C@H]1C(=O)N1[C@@H]2C[C@@H]2C[C@H]1C(=O)N1CC2CCCC2C1. The van der Waals surface area contributed by atoms with Gasteiger partial charge < -0.3 is 19.9 Å². The molecule has 2 saturated heterocycles. The van der Waals surface area contributed by atoms with Crippen LogP contribution in [0.2, 0.25) is 0 Å². The van der Waals surface area contributed by atoms with Crippen molar-refractivity contribution < 1.29 is 19.1 Å². The zero-order valence-electron chi connectivity index (χ0n) is 19.1. The number of amides is 3. The molecule has 5 rings (SSSR count). The van der Waals surface area contributed by atoms with Crippen molar-refractivity contribution in [2.45, 2.75) is 95.9 Å². The number of alkyl carbamates (subject to hydrolysis) is 1. The first kappa shape index (κ1) is 21.1. The average Bonchev–Trinajstić information content (AvgIpc) is 3.12. The third-order valence-corrected chi connectivity index (χ3v) is 8.22. The van der Waals surface area contributed by atoms with E-state index in [1.807, 2.05) is 25.7 Å². The number of rotatable bonds is 3. The molecule has 31 heavy (non-hydrogen) atoms. The lowest BCUT2D eigenvalue weighted by atomic mass is 10.00. The van der Waals surface area contributed by atoms with E-state index < -0.39 is 11.7 Å². The highest BCUT2D eigenvalue weighted by molar-refractivity contribution is 5.91. The van der Waals surface area contributed by atoms with Gasteiger partial charge in [-0.05, 0) is 77.0 Å². The Morgan fingerprint density at radius 1 is 0.871 bits per heavy atom. The Labute approximate surface area is 185 Å². The largest absolute Gasteiger partial charge is 0.444 e. The average molecular weight is 432 g/mol. The lowest BCUT2D eigenvalue weighted by Crippen LogP contribution is -2.53. The van der Waals surface area contributed by atoms with Crippen molar-refractivity contribution in [2.24, 2.45) is 23.7 Å². The van der Waals surface area contributed by atoms with Crippen LogP contribution in [0.25, 0.3) is 0 Å². The van der Waals surface area contributed by atoms with Crippen molar-refractivity contribution in [1.29, 1.82) is 0 Å². The smallest absolute Gasteiger partial charge is 0.407 e. The Kier molecular flexibility index (Phi) is 5.21. The first-order valence-corrected chi connectivity index (χ1v) is 12.3. The van der Waals surface area contributed by atoms with Crippen LogP contribution >= 0.6 is 0 Å². The molecule has 3 aliphatic carbocycles. The van der Waals surface area contributed by atoms with Gasteiger partial charge in [-0.15, -0.1) is 0 Å². The van der Waals surface area contributed by atoms with Crippen molar-refractivity contribution in [3.8, 4) is 0 Å². The fourth-order valence-electron chi connectivity index (χ4n) is 6.70. The maximum atomic E-state index is 13.7. The number of carbonyl (C=O) groups excluding carboxylic acids is 3. The molecule has 2 heterocycles. The first-order chi connectivity index (χ1) is 14.7. The Hall–Kier alpha value is -1.79. The van der Waals surface area contributed by atoms with Gasteiger partial charge in [-0.1, -0.05) is 12.8 Å². The number of nitrogens with zero attached hydrogens (tertiary/aromatic N) is 2. The standard InChI is InChI=1S/C24H37N3O4/c1-24(2,3)31-23(30)25-18-9-5-8-17(18)21(28)27-19-10-16(19)11-20(27)22(29)26-12-14-6-4-7-15(14)13-26/h14-20H,4-13H2,1-3H3,(H,25,30)/t14?,15?,16-,17-,18+,19-,20+/m1/s1. The molecule has 3 saturated carbocycles. The number of hydrogen-bond acceptors (Lipinski definition) is 4. The molecule has 0 radical (unpaired) electrons. The lowest BCUT2D eigenvalue weighted by molar-refractivity contribution is -0.147. The van der Waals surface area contributed by atoms with Gasteiger partial charge in [-0.3, -0.25) is 9.59 Å².